The molecule has 0 N–H and O–H groups in total. The second-order valence-electron chi connectivity index (χ2n) is 5.65. The number of rotatable bonds is 5. The Balaban J connectivity index is 2.36. The summed E-state index contributed by atoms with van der Waals surface area (Å²) in [7, 11) is 0. The van der Waals surface area contributed by atoms with Gasteiger partial charge in [0.05, 0.1) is 0 Å². The molecule has 2 nitrogen and oxygen atoms in total. The normalized spacial score (nSPS) is 19.6. The predicted octanol–water partition coefficient (Wildman–Crippen LogP) is 4.71. The fourth-order valence-electron chi connectivity index (χ4n) is 3.12. The molecule has 0 bridgehead atoms. The molecule has 0 aliphatic carbocycles. The highest BCUT2D eigenvalue weighted by Gasteiger charge is 2.31. The topological polar surface area (TPSA) is 20.3 Å². The molecule has 108 valence electrons. The quantitative estimate of drug-likeness (QED) is 0.759. The zero-order chi connectivity index (χ0) is 14.5. The second kappa shape index (κ2) is 6.74. The highest BCUT2D eigenvalue weighted by Crippen LogP contribution is 2.33. The van der Waals surface area contributed by atoms with E-state index in [0.717, 1.165) is 43.4 Å². The third-order valence-corrected chi connectivity index (χ3v) is 3.97. The maximum absolute atomic E-state index is 12.9. The van der Waals surface area contributed by atoms with E-state index in [0.29, 0.717) is 0 Å². The van der Waals surface area contributed by atoms with Crippen LogP contribution in [-0.4, -0.2) is 11.9 Å². The summed E-state index contributed by atoms with van der Waals surface area (Å²) in [6.07, 6.45) is 5.14. The smallest absolute Gasteiger partial charge is 0.254 e. The van der Waals surface area contributed by atoms with Gasteiger partial charge in [0.25, 0.3) is 5.91 Å². The van der Waals surface area contributed by atoms with Crippen LogP contribution in [0.3, 0.4) is 0 Å². The summed E-state index contributed by atoms with van der Waals surface area (Å²) >= 11 is 0. The van der Waals surface area contributed by atoms with Crippen LogP contribution < -0.4 is 4.90 Å². The number of amides is 1. The molecule has 1 aliphatic heterocycles. The largest absolute Gasteiger partial charge is 0.306 e. The van der Waals surface area contributed by atoms with Crippen molar-refractivity contribution in [2.24, 2.45) is 0 Å². The van der Waals surface area contributed by atoms with E-state index in [-0.39, 0.29) is 11.9 Å². The Morgan fingerprint density at radius 1 is 1.10 bits per heavy atom. The van der Waals surface area contributed by atoms with Crippen LogP contribution in [0.4, 0.5) is 5.69 Å². The summed E-state index contributed by atoms with van der Waals surface area (Å²) in [5.41, 5.74) is 3.48. The third-order valence-electron chi connectivity index (χ3n) is 3.97. The van der Waals surface area contributed by atoms with Crippen LogP contribution in [-0.2, 0) is 4.79 Å². The highest BCUT2D eigenvalue weighted by atomic mass is 16.2. The van der Waals surface area contributed by atoms with E-state index in [1.165, 1.54) is 5.57 Å². The van der Waals surface area contributed by atoms with Crippen molar-refractivity contribution in [3.8, 4) is 0 Å². The second-order valence-corrected chi connectivity index (χ2v) is 5.65. The van der Waals surface area contributed by atoms with Crippen LogP contribution in [0.2, 0.25) is 0 Å². The molecule has 1 aromatic rings. The molecule has 1 atom stereocenters. The number of nitrogens with zero attached hydrogens (tertiary/aromatic N) is 1. The lowest BCUT2D eigenvalue weighted by molar-refractivity contribution is -0.116. The average Bonchev–Trinajstić information content (AvgIpc) is 2.44. The molecule has 1 aliphatic rings. The van der Waals surface area contributed by atoms with Gasteiger partial charge in [0.2, 0.25) is 0 Å². The number of carbonyl (C=O) groups is 1. The maximum atomic E-state index is 12.9. The van der Waals surface area contributed by atoms with Crippen LogP contribution >= 0.6 is 0 Å². The first-order valence-corrected chi connectivity index (χ1v) is 7.78. The summed E-state index contributed by atoms with van der Waals surface area (Å²) < 4.78 is 0. The van der Waals surface area contributed by atoms with Gasteiger partial charge in [-0.3, -0.25) is 4.79 Å². The SMILES string of the molecule is CCCC1=C(CCC)C(=O)N(c2ccccc2)[C@H](C)C1. The van der Waals surface area contributed by atoms with E-state index < -0.39 is 0 Å². The van der Waals surface area contributed by atoms with Gasteiger partial charge in [-0.1, -0.05) is 50.5 Å². The van der Waals surface area contributed by atoms with Crippen molar-refractivity contribution < 1.29 is 4.79 Å². The van der Waals surface area contributed by atoms with E-state index in [2.05, 4.69) is 20.8 Å². The molecule has 0 fully saturated rings. The zero-order valence-electron chi connectivity index (χ0n) is 12.9. The van der Waals surface area contributed by atoms with Crippen LogP contribution in [0.1, 0.15) is 52.9 Å². The van der Waals surface area contributed by atoms with E-state index >= 15 is 0 Å². The third kappa shape index (κ3) is 2.95. The Kier molecular flexibility index (Phi) is 4.99. The molecule has 0 saturated heterocycles. The van der Waals surface area contributed by atoms with E-state index in [9.17, 15) is 4.79 Å². The molecule has 0 saturated carbocycles. The molecule has 1 amide bonds. The summed E-state index contributed by atoms with van der Waals surface area (Å²) in [5.74, 6) is 0.222. The summed E-state index contributed by atoms with van der Waals surface area (Å²) in [6, 6.07) is 10.3. The standard InChI is InChI=1S/C18H25NO/c1-4-9-15-13-14(3)19(16-11-7-6-8-12-16)18(20)17(15)10-5-2/h6-8,11-12,14H,4-5,9-10,13H2,1-3H3/t14-/m1/s1. The Morgan fingerprint density at radius 3 is 2.35 bits per heavy atom. The fourth-order valence-corrected chi connectivity index (χ4v) is 3.12. The molecule has 0 unspecified atom stereocenters. The molecule has 0 spiro atoms. The number of carbonyl (C=O) groups excluding carboxylic acids is 1. The lowest BCUT2D eigenvalue weighted by Gasteiger charge is -2.36. The molecular weight excluding hydrogens is 246 g/mol. The summed E-state index contributed by atoms with van der Waals surface area (Å²) in [4.78, 5) is 14.9. The molecule has 2 rings (SSSR count). The Morgan fingerprint density at radius 2 is 1.75 bits per heavy atom. The fraction of sp³-hybridized carbons (Fsp3) is 0.500. The van der Waals surface area contributed by atoms with Crippen molar-refractivity contribution in [1.29, 1.82) is 0 Å². The van der Waals surface area contributed by atoms with Gasteiger partial charge in [-0.15, -0.1) is 0 Å². The molecule has 0 radical (unpaired) electrons. The van der Waals surface area contributed by atoms with Gasteiger partial charge in [0, 0.05) is 17.3 Å². The number of hydrogen-bond acceptors (Lipinski definition) is 1. The molecule has 0 aromatic heterocycles. The van der Waals surface area contributed by atoms with Gasteiger partial charge in [-0.2, -0.15) is 0 Å². The van der Waals surface area contributed by atoms with Crippen molar-refractivity contribution >= 4 is 11.6 Å². The van der Waals surface area contributed by atoms with Crippen molar-refractivity contribution in [2.75, 3.05) is 4.90 Å². The van der Waals surface area contributed by atoms with Crippen LogP contribution in [0.25, 0.3) is 0 Å². The zero-order valence-corrected chi connectivity index (χ0v) is 12.9. The van der Waals surface area contributed by atoms with Crippen molar-refractivity contribution in [3.05, 3.63) is 41.5 Å². The van der Waals surface area contributed by atoms with Gasteiger partial charge in [0.15, 0.2) is 0 Å². The van der Waals surface area contributed by atoms with Crippen molar-refractivity contribution in [3.63, 3.8) is 0 Å². The Labute approximate surface area is 122 Å². The molecule has 1 heterocycles. The number of hydrogen-bond donors (Lipinski definition) is 0. The summed E-state index contributed by atoms with van der Waals surface area (Å²) in [6.45, 7) is 6.49. The number of anilines is 1. The monoisotopic (exact) mass is 271 g/mol. The van der Waals surface area contributed by atoms with Gasteiger partial charge < -0.3 is 4.90 Å². The average molecular weight is 271 g/mol. The van der Waals surface area contributed by atoms with E-state index in [1.54, 1.807) is 0 Å². The minimum Gasteiger partial charge on any atom is -0.306 e. The van der Waals surface area contributed by atoms with Gasteiger partial charge in [0.1, 0.15) is 0 Å². The molecular formula is C18H25NO. The lowest BCUT2D eigenvalue weighted by Crippen LogP contribution is -2.43. The Bertz CT molecular complexity index is 489. The predicted molar refractivity (Wildman–Crippen MR) is 84.8 cm³/mol. The number of benzene rings is 1. The minimum absolute atomic E-state index is 0.222. The molecule has 1 aromatic carbocycles. The van der Waals surface area contributed by atoms with Crippen LogP contribution in [0.15, 0.2) is 41.5 Å². The first-order chi connectivity index (χ1) is 9.69. The lowest BCUT2D eigenvalue weighted by atomic mass is 9.88. The molecule has 2 heteroatoms. The van der Waals surface area contributed by atoms with Crippen LogP contribution in [0, 0.1) is 0 Å². The minimum atomic E-state index is 0.222. The van der Waals surface area contributed by atoms with E-state index in [1.807, 2.05) is 35.2 Å². The van der Waals surface area contributed by atoms with E-state index in [4.69, 9.17) is 0 Å². The number of para-hydroxylation sites is 1. The van der Waals surface area contributed by atoms with Gasteiger partial charge >= 0.3 is 0 Å². The molecule has 20 heavy (non-hydrogen) atoms. The Hall–Kier alpha value is -1.57. The maximum Gasteiger partial charge on any atom is 0.254 e. The first kappa shape index (κ1) is 14.8. The van der Waals surface area contributed by atoms with Gasteiger partial charge in [-0.25, -0.2) is 0 Å². The van der Waals surface area contributed by atoms with Gasteiger partial charge in [-0.05, 0) is 38.3 Å². The van der Waals surface area contributed by atoms with Crippen molar-refractivity contribution in [1.82, 2.24) is 0 Å². The van der Waals surface area contributed by atoms with Crippen molar-refractivity contribution in [2.45, 2.75) is 58.9 Å². The first-order valence-electron chi connectivity index (χ1n) is 7.78. The summed E-state index contributed by atoms with van der Waals surface area (Å²) in [5, 5.41) is 0. The van der Waals surface area contributed by atoms with Crippen LogP contribution in [0.5, 0.6) is 0 Å². The highest BCUT2D eigenvalue weighted by molar-refractivity contribution is 6.07.